The minimum atomic E-state index is -4.75. The van der Waals surface area contributed by atoms with Gasteiger partial charge >= 0.3 is 11.9 Å². The molecule has 0 saturated heterocycles. The first-order valence-electron chi connectivity index (χ1n) is 8.47. The fourth-order valence-corrected chi connectivity index (χ4v) is 2.73. The molecule has 8 heteroatoms. The van der Waals surface area contributed by atoms with Crippen molar-refractivity contribution in [2.24, 2.45) is 11.8 Å². The van der Waals surface area contributed by atoms with Gasteiger partial charge in [-0.2, -0.15) is 8.42 Å². The Morgan fingerprint density at radius 3 is 1.67 bits per heavy atom. The average Bonchev–Trinajstić information content (AvgIpc) is 2.53. The zero-order valence-corrected chi connectivity index (χ0v) is 15.8. The standard InChI is InChI=1S/C16H30O7S/c1-5-12(6-2)10-22-15(17)9-14(24(19,20)21)16(18)23-11-13(7-3)8-4/h12-14H,5-11H2,1-4H3,(H,19,20,21). The summed E-state index contributed by atoms with van der Waals surface area (Å²) < 4.78 is 42.0. The summed E-state index contributed by atoms with van der Waals surface area (Å²) in [4.78, 5) is 23.7. The first-order chi connectivity index (χ1) is 11.2. The Morgan fingerprint density at radius 2 is 1.29 bits per heavy atom. The summed E-state index contributed by atoms with van der Waals surface area (Å²) in [6.07, 6.45) is 2.45. The van der Waals surface area contributed by atoms with E-state index in [-0.39, 0.29) is 25.0 Å². The van der Waals surface area contributed by atoms with Gasteiger partial charge in [0.15, 0.2) is 5.25 Å². The van der Waals surface area contributed by atoms with Gasteiger partial charge in [0.25, 0.3) is 10.1 Å². The van der Waals surface area contributed by atoms with Crippen LogP contribution in [0.2, 0.25) is 0 Å². The van der Waals surface area contributed by atoms with Gasteiger partial charge in [-0.15, -0.1) is 0 Å². The molecule has 1 unspecified atom stereocenters. The predicted octanol–water partition coefficient (Wildman–Crippen LogP) is 2.59. The van der Waals surface area contributed by atoms with Gasteiger partial charge in [-0.3, -0.25) is 14.1 Å². The van der Waals surface area contributed by atoms with Crippen LogP contribution in [0.3, 0.4) is 0 Å². The smallest absolute Gasteiger partial charge is 0.327 e. The van der Waals surface area contributed by atoms with E-state index >= 15 is 0 Å². The van der Waals surface area contributed by atoms with Gasteiger partial charge < -0.3 is 9.47 Å². The number of carbonyl (C=O) groups is 2. The van der Waals surface area contributed by atoms with E-state index in [1.807, 2.05) is 27.7 Å². The van der Waals surface area contributed by atoms with Crippen LogP contribution in [0.4, 0.5) is 0 Å². The number of rotatable bonds is 12. The summed E-state index contributed by atoms with van der Waals surface area (Å²) in [5.41, 5.74) is 0. The molecule has 0 aliphatic rings. The van der Waals surface area contributed by atoms with Crippen molar-refractivity contribution in [3.8, 4) is 0 Å². The normalized spacial score (nSPS) is 13.1. The van der Waals surface area contributed by atoms with Crippen molar-refractivity contribution in [1.29, 1.82) is 0 Å². The SMILES string of the molecule is CCC(CC)COC(=O)CC(C(=O)OCC(CC)CC)S(=O)(=O)O. The van der Waals surface area contributed by atoms with Crippen LogP contribution in [0, 0.1) is 11.8 Å². The topological polar surface area (TPSA) is 107 Å². The van der Waals surface area contributed by atoms with Crippen LogP contribution in [-0.2, 0) is 29.2 Å². The van der Waals surface area contributed by atoms with Crippen LogP contribution >= 0.6 is 0 Å². The first-order valence-corrected chi connectivity index (χ1v) is 9.98. The minimum absolute atomic E-state index is 0.0562. The molecule has 0 aromatic carbocycles. The summed E-state index contributed by atoms with van der Waals surface area (Å²) in [6, 6.07) is 0. The molecule has 0 fully saturated rings. The molecule has 0 radical (unpaired) electrons. The molecular weight excluding hydrogens is 336 g/mol. The molecular formula is C16H30O7S. The predicted molar refractivity (Wildman–Crippen MR) is 90.0 cm³/mol. The second kappa shape index (κ2) is 11.4. The molecule has 1 N–H and O–H groups in total. The Labute approximate surface area is 144 Å². The van der Waals surface area contributed by atoms with Gasteiger partial charge in [-0.25, -0.2) is 0 Å². The Kier molecular flexibility index (Phi) is 10.9. The Balaban J connectivity index is 4.73. The molecule has 0 aliphatic heterocycles. The molecule has 142 valence electrons. The summed E-state index contributed by atoms with van der Waals surface area (Å²) in [5, 5.41) is -1.94. The van der Waals surface area contributed by atoms with Crippen molar-refractivity contribution in [1.82, 2.24) is 0 Å². The fraction of sp³-hybridized carbons (Fsp3) is 0.875. The van der Waals surface area contributed by atoms with Gasteiger partial charge in [-0.05, 0) is 11.8 Å². The van der Waals surface area contributed by atoms with Crippen molar-refractivity contribution in [2.45, 2.75) is 65.0 Å². The number of esters is 2. The van der Waals surface area contributed by atoms with Crippen molar-refractivity contribution >= 4 is 22.1 Å². The maximum absolute atomic E-state index is 11.9. The number of carbonyl (C=O) groups excluding carboxylic acids is 2. The summed E-state index contributed by atoms with van der Waals surface area (Å²) in [7, 11) is -4.75. The Bertz CT molecular complexity index is 479. The minimum Gasteiger partial charge on any atom is -0.465 e. The molecule has 0 amide bonds. The van der Waals surface area contributed by atoms with Crippen molar-refractivity contribution < 1.29 is 32.0 Å². The molecule has 0 spiro atoms. The largest absolute Gasteiger partial charge is 0.465 e. The lowest BCUT2D eigenvalue weighted by atomic mass is 10.1. The monoisotopic (exact) mass is 366 g/mol. The second-order valence-corrected chi connectivity index (χ2v) is 7.48. The summed E-state index contributed by atoms with van der Waals surface area (Å²) in [6.45, 7) is 7.99. The van der Waals surface area contributed by atoms with E-state index in [0.717, 1.165) is 25.7 Å². The van der Waals surface area contributed by atoms with E-state index in [2.05, 4.69) is 0 Å². The molecule has 0 aromatic heterocycles. The van der Waals surface area contributed by atoms with Crippen LogP contribution in [0.1, 0.15) is 59.8 Å². The van der Waals surface area contributed by atoms with Crippen LogP contribution in [-0.4, -0.2) is 43.4 Å². The number of ether oxygens (including phenoxy) is 2. The Morgan fingerprint density at radius 1 is 0.875 bits per heavy atom. The maximum Gasteiger partial charge on any atom is 0.327 e. The van der Waals surface area contributed by atoms with Gasteiger partial charge in [0, 0.05) is 0 Å². The van der Waals surface area contributed by atoms with Crippen molar-refractivity contribution in [3.05, 3.63) is 0 Å². The molecule has 1 atom stereocenters. The molecule has 0 saturated carbocycles. The average molecular weight is 366 g/mol. The van der Waals surface area contributed by atoms with Crippen molar-refractivity contribution in [3.63, 3.8) is 0 Å². The molecule has 7 nitrogen and oxygen atoms in total. The van der Waals surface area contributed by atoms with Crippen molar-refractivity contribution in [2.75, 3.05) is 13.2 Å². The third kappa shape index (κ3) is 8.63. The highest BCUT2D eigenvalue weighted by molar-refractivity contribution is 7.87. The quantitative estimate of drug-likeness (QED) is 0.418. The maximum atomic E-state index is 11.9. The zero-order chi connectivity index (χ0) is 18.8. The highest BCUT2D eigenvalue weighted by Crippen LogP contribution is 2.14. The number of hydrogen-bond acceptors (Lipinski definition) is 6. The highest BCUT2D eigenvalue weighted by Gasteiger charge is 2.36. The van der Waals surface area contributed by atoms with Gasteiger partial charge in [0.05, 0.1) is 19.6 Å². The fourth-order valence-electron chi connectivity index (χ4n) is 2.07. The molecule has 24 heavy (non-hydrogen) atoms. The third-order valence-corrected chi connectivity index (χ3v) is 5.30. The van der Waals surface area contributed by atoms with E-state index in [1.54, 1.807) is 0 Å². The molecule has 0 bridgehead atoms. The van der Waals surface area contributed by atoms with Crippen LogP contribution in [0.25, 0.3) is 0 Å². The van der Waals surface area contributed by atoms with Gasteiger partial charge in [0.1, 0.15) is 0 Å². The molecule has 0 aliphatic carbocycles. The third-order valence-electron chi connectivity index (χ3n) is 4.23. The van der Waals surface area contributed by atoms with E-state index in [0.29, 0.717) is 0 Å². The lowest BCUT2D eigenvalue weighted by Gasteiger charge is -2.17. The van der Waals surface area contributed by atoms with E-state index in [4.69, 9.17) is 9.47 Å². The van der Waals surface area contributed by atoms with Gasteiger partial charge in [-0.1, -0.05) is 53.4 Å². The summed E-state index contributed by atoms with van der Waals surface area (Å²) in [5.74, 6) is -1.68. The van der Waals surface area contributed by atoms with Gasteiger partial charge in [0.2, 0.25) is 0 Å². The lowest BCUT2D eigenvalue weighted by molar-refractivity contribution is -0.151. The van der Waals surface area contributed by atoms with E-state index < -0.39 is 33.7 Å². The van der Waals surface area contributed by atoms with Crippen LogP contribution < -0.4 is 0 Å². The first kappa shape index (κ1) is 22.9. The second-order valence-electron chi connectivity index (χ2n) is 5.89. The van der Waals surface area contributed by atoms with Crippen LogP contribution in [0.15, 0.2) is 0 Å². The zero-order valence-electron chi connectivity index (χ0n) is 15.0. The Hall–Kier alpha value is -1.15. The van der Waals surface area contributed by atoms with E-state index in [9.17, 15) is 22.6 Å². The highest BCUT2D eigenvalue weighted by atomic mass is 32.2. The molecule has 0 aromatic rings. The molecule has 0 heterocycles. The van der Waals surface area contributed by atoms with Crippen LogP contribution in [0.5, 0.6) is 0 Å². The van der Waals surface area contributed by atoms with E-state index in [1.165, 1.54) is 0 Å². The lowest BCUT2D eigenvalue weighted by Crippen LogP contribution is -2.35. The summed E-state index contributed by atoms with van der Waals surface area (Å²) >= 11 is 0. The number of hydrogen-bond donors (Lipinski definition) is 1. The molecule has 0 rings (SSSR count).